The van der Waals surface area contributed by atoms with Gasteiger partial charge in [-0.3, -0.25) is 0 Å². The summed E-state index contributed by atoms with van der Waals surface area (Å²) in [5.74, 6) is 0.952. The Bertz CT molecular complexity index is 653. The van der Waals surface area contributed by atoms with E-state index < -0.39 is 0 Å². The summed E-state index contributed by atoms with van der Waals surface area (Å²) in [5, 5.41) is 5.17. The van der Waals surface area contributed by atoms with Crippen molar-refractivity contribution in [2.45, 2.75) is 59.6 Å². The molecule has 0 spiro atoms. The van der Waals surface area contributed by atoms with E-state index in [0.717, 1.165) is 37.9 Å². The minimum absolute atomic E-state index is 0.145. The van der Waals surface area contributed by atoms with Crippen molar-refractivity contribution in [2.75, 3.05) is 0 Å². The minimum atomic E-state index is -0.306. The van der Waals surface area contributed by atoms with Gasteiger partial charge in [0.1, 0.15) is 12.4 Å². The van der Waals surface area contributed by atoms with Crippen molar-refractivity contribution >= 4 is 11.6 Å². The zero-order chi connectivity index (χ0) is 17.5. The normalized spacial score (nSPS) is 11.2. The third-order valence-corrected chi connectivity index (χ3v) is 4.50. The fourth-order valence-corrected chi connectivity index (χ4v) is 2.87. The summed E-state index contributed by atoms with van der Waals surface area (Å²) in [5.41, 5.74) is 1.47. The maximum Gasteiger partial charge on any atom is 0.212 e. The minimum Gasteiger partial charge on any atom is -0.473 e. The predicted molar refractivity (Wildman–Crippen MR) is 96.0 cm³/mol. The van der Waals surface area contributed by atoms with E-state index in [1.807, 2.05) is 10.7 Å². The van der Waals surface area contributed by atoms with E-state index in [9.17, 15) is 4.39 Å². The number of hydrogen-bond acceptors (Lipinski definition) is 2. The standard InChI is InChI=1S/C19H26ClFN2O/c1-4-7-17-11-19(23(22-17)12-14(5-2)6-3)24-13-15-10-16(20)8-9-18(15)21/h8-11,14H,4-7,12-13H2,1-3H3. The molecule has 0 amide bonds. The Morgan fingerprint density at radius 2 is 1.96 bits per heavy atom. The van der Waals surface area contributed by atoms with Gasteiger partial charge in [0.15, 0.2) is 0 Å². The molecule has 3 nitrogen and oxygen atoms in total. The lowest BCUT2D eigenvalue weighted by Crippen LogP contribution is -2.13. The second kappa shape index (κ2) is 9.07. The molecule has 5 heteroatoms. The van der Waals surface area contributed by atoms with E-state index in [0.29, 0.717) is 22.4 Å². The molecule has 0 N–H and O–H groups in total. The van der Waals surface area contributed by atoms with Crippen molar-refractivity contribution in [3.8, 4) is 5.88 Å². The molecule has 1 aromatic heterocycles. The van der Waals surface area contributed by atoms with Crippen LogP contribution in [0.3, 0.4) is 0 Å². The maximum atomic E-state index is 13.9. The second-order valence-corrected chi connectivity index (χ2v) is 6.55. The highest BCUT2D eigenvalue weighted by atomic mass is 35.5. The highest BCUT2D eigenvalue weighted by Crippen LogP contribution is 2.22. The van der Waals surface area contributed by atoms with Crippen LogP contribution in [0.25, 0.3) is 0 Å². The number of ether oxygens (including phenoxy) is 1. The molecule has 0 unspecified atom stereocenters. The maximum absolute atomic E-state index is 13.9. The van der Waals surface area contributed by atoms with Crippen LogP contribution in [0.15, 0.2) is 24.3 Å². The molecule has 0 aliphatic heterocycles. The molecule has 0 bridgehead atoms. The number of aryl methyl sites for hydroxylation is 1. The summed E-state index contributed by atoms with van der Waals surface area (Å²) < 4.78 is 21.7. The van der Waals surface area contributed by atoms with Crippen LogP contribution in [-0.2, 0) is 19.6 Å². The SMILES string of the molecule is CCCc1cc(OCc2cc(Cl)ccc2F)n(CC(CC)CC)n1. The van der Waals surface area contributed by atoms with Gasteiger partial charge in [0.25, 0.3) is 0 Å². The Morgan fingerprint density at radius 1 is 1.21 bits per heavy atom. The molecule has 0 saturated carbocycles. The van der Waals surface area contributed by atoms with E-state index in [4.69, 9.17) is 16.3 Å². The first-order chi connectivity index (χ1) is 11.6. The van der Waals surface area contributed by atoms with Crippen LogP contribution in [0.1, 0.15) is 51.3 Å². The number of benzene rings is 1. The zero-order valence-electron chi connectivity index (χ0n) is 14.7. The van der Waals surface area contributed by atoms with Crippen molar-refractivity contribution < 1.29 is 9.13 Å². The lowest BCUT2D eigenvalue weighted by molar-refractivity contribution is 0.255. The average Bonchev–Trinajstić information content (AvgIpc) is 2.95. The Kier molecular flexibility index (Phi) is 7.10. The lowest BCUT2D eigenvalue weighted by Gasteiger charge is -2.15. The molecule has 0 fully saturated rings. The van der Waals surface area contributed by atoms with Gasteiger partial charge in [-0.15, -0.1) is 0 Å². The van der Waals surface area contributed by atoms with E-state index in [2.05, 4.69) is 25.9 Å². The molecule has 0 radical (unpaired) electrons. The molecule has 0 aliphatic rings. The molecular formula is C19H26ClFN2O. The van der Waals surface area contributed by atoms with Gasteiger partial charge in [-0.1, -0.05) is 51.6 Å². The van der Waals surface area contributed by atoms with Gasteiger partial charge < -0.3 is 4.74 Å². The van der Waals surface area contributed by atoms with Crippen LogP contribution in [0.4, 0.5) is 4.39 Å². The molecule has 24 heavy (non-hydrogen) atoms. The van der Waals surface area contributed by atoms with Gasteiger partial charge in [-0.2, -0.15) is 5.10 Å². The molecule has 1 heterocycles. The quantitative estimate of drug-likeness (QED) is 0.583. The van der Waals surface area contributed by atoms with Crippen molar-refractivity contribution in [3.63, 3.8) is 0 Å². The van der Waals surface area contributed by atoms with Crippen LogP contribution in [0.5, 0.6) is 5.88 Å². The highest BCUT2D eigenvalue weighted by Gasteiger charge is 2.14. The van der Waals surface area contributed by atoms with Crippen molar-refractivity contribution in [1.82, 2.24) is 9.78 Å². The fourth-order valence-electron chi connectivity index (χ4n) is 2.67. The molecule has 1 aromatic carbocycles. The number of hydrogen-bond donors (Lipinski definition) is 0. The zero-order valence-corrected chi connectivity index (χ0v) is 15.4. The summed E-state index contributed by atoms with van der Waals surface area (Å²) in [6.45, 7) is 7.47. The monoisotopic (exact) mass is 352 g/mol. The van der Waals surface area contributed by atoms with Gasteiger partial charge in [-0.25, -0.2) is 9.07 Å². The van der Waals surface area contributed by atoms with Gasteiger partial charge in [0.05, 0.1) is 5.69 Å². The first-order valence-corrected chi connectivity index (χ1v) is 9.08. The predicted octanol–water partition coefficient (Wildman–Crippen LogP) is 5.64. The fraction of sp³-hybridized carbons (Fsp3) is 0.526. The van der Waals surface area contributed by atoms with Crippen LogP contribution in [0, 0.1) is 11.7 Å². The summed E-state index contributed by atoms with van der Waals surface area (Å²) in [7, 11) is 0. The lowest BCUT2D eigenvalue weighted by atomic mass is 10.0. The third-order valence-electron chi connectivity index (χ3n) is 4.27. The highest BCUT2D eigenvalue weighted by molar-refractivity contribution is 6.30. The summed E-state index contributed by atoms with van der Waals surface area (Å²) in [6.07, 6.45) is 4.14. The Balaban J connectivity index is 2.16. The van der Waals surface area contributed by atoms with Crippen molar-refractivity contribution in [3.05, 3.63) is 46.4 Å². The smallest absolute Gasteiger partial charge is 0.212 e. The van der Waals surface area contributed by atoms with Crippen LogP contribution in [-0.4, -0.2) is 9.78 Å². The molecule has 0 saturated heterocycles. The molecule has 132 valence electrons. The van der Waals surface area contributed by atoms with Crippen LogP contribution in [0.2, 0.25) is 5.02 Å². The second-order valence-electron chi connectivity index (χ2n) is 6.11. The Labute approximate surface area is 148 Å². The van der Waals surface area contributed by atoms with Gasteiger partial charge in [-0.05, 0) is 30.5 Å². The number of rotatable bonds is 9. The molecular weight excluding hydrogens is 327 g/mol. The number of halogens is 2. The van der Waals surface area contributed by atoms with Crippen LogP contribution < -0.4 is 4.74 Å². The Morgan fingerprint density at radius 3 is 2.62 bits per heavy atom. The average molecular weight is 353 g/mol. The molecule has 2 aromatic rings. The van der Waals surface area contributed by atoms with Gasteiger partial charge >= 0.3 is 0 Å². The molecule has 0 aliphatic carbocycles. The topological polar surface area (TPSA) is 27.1 Å². The van der Waals surface area contributed by atoms with E-state index in [1.165, 1.54) is 12.1 Å². The summed E-state index contributed by atoms with van der Waals surface area (Å²) in [6, 6.07) is 6.47. The first-order valence-electron chi connectivity index (χ1n) is 8.70. The summed E-state index contributed by atoms with van der Waals surface area (Å²) >= 11 is 5.94. The molecule has 2 rings (SSSR count). The van der Waals surface area contributed by atoms with Crippen molar-refractivity contribution in [2.24, 2.45) is 5.92 Å². The van der Waals surface area contributed by atoms with E-state index >= 15 is 0 Å². The number of aromatic nitrogens is 2. The van der Waals surface area contributed by atoms with Gasteiger partial charge in [0, 0.05) is 23.2 Å². The molecule has 0 atom stereocenters. The largest absolute Gasteiger partial charge is 0.473 e. The van der Waals surface area contributed by atoms with Crippen molar-refractivity contribution in [1.29, 1.82) is 0 Å². The van der Waals surface area contributed by atoms with Gasteiger partial charge in [0.2, 0.25) is 5.88 Å². The van der Waals surface area contributed by atoms with E-state index in [1.54, 1.807) is 6.07 Å². The van der Waals surface area contributed by atoms with Crippen LogP contribution >= 0.6 is 11.6 Å². The number of nitrogens with zero attached hydrogens (tertiary/aromatic N) is 2. The summed E-state index contributed by atoms with van der Waals surface area (Å²) in [4.78, 5) is 0. The Hall–Kier alpha value is -1.55. The van der Waals surface area contributed by atoms with E-state index in [-0.39, 0.29) is 12.4 Å². The first kappa shape index (κ1) is 18.8. The third kappa shape index (κ3) is 4.97.